The molecule has 0 radical (unpaired) electrons. The minimum Gasteiger partial charge on any atom is -0.497 e. The lowest BCUT2D eigenvalue weighted by Crippen LogP contribution is -2.21. The van der Waals surface area contributed by atoms with Crippen molar-refractivity contribution in [1.82, 2.24) is 0 Å². The molecule has 1 atom stereocenters. The average molecular weight is 271 g/mol. The highest BCUT2D eigenvalue weighted by Gasteiger charge is 2.26. The maximum atomic E-state index is 5.22. The molecule has 0 spiro atoms. The molecule has 1 heterocycles. The Morgan fingerprint density at radius 3 is 2.47 bits per heavy atom. The maximum absolute atomic E-state index is 5.22. The van der Waals surface area contributed by atoms with Gasteiger partial charge in [-0.2, -0.15) is 0 Å². The summed E-state index contributed by atoms with van der Waals surface area (Å²) in [7, 11) is 1.70. The van der Waals surface area contributed by atoms with Crippen molar-refractivity contribution in [3.63, 3.8) is 0 Å². The molecule has 0 bridgehead atoms. The van der Waals surface area contributed by atoms with Gasteiger partial charge in [-0.05, 0) is 29.8 Å². The summed E-state index contributed by atoms with van der Waals surface area (Å²) in [5.74, 6) is 2.09. The Balaban J connectivity index is 1.86. The van der Waals surface area contributed by atoms with Gasteiger partial charge in [0.1, 0.15) is 11.1 Å². The first kappa shape index (κ1) is 12.4. The highest BCUT2D eigenvalue weighted by Crippen LogP contribution is 2.41. The second-order valence-corrected chi connectivity index (χ2v) is 5.71. The van der Waals surface area contributed by atoms with Crippen molar-refractivity contribution in [3.05, 3.63) is 60.2 Å². The van der Waals surface area contributed by atoms with Crippen molar-refractivity contribution in [2.24, 2.45) is 0 Å². The highest BCUT2D eigenvalue weighted by molar-refractivity contribution is 7.99. The molecule has 0 aliphatic carbocycles. The SMILES string of the molecule is COc1ccc([C@H]2SCCN2c2ccccc2)cc1. The summed E-state index contributed by atoms with van der Waals surface area (Å²) in [5, 5.41) is 0.410. The molecule has 0 unspecified atom stereocenters. The number of methoxy groups -OCH3 is 1. The second-order valence-electron chi connectivity index (χ2n) is 4.53. The monoisotopic (exact) mass is 271 g/mol. The van der Waals surface area contributed by atoms with Crippen LogP contribution >= 0.6 is 11.8 Å². The van der Waals surface area contributed by atoms with Crippen LogP contribution in [0.15, 0.2) is 54.6 Å². The Morgan fingerprint density at radius 2 is 1.79 bits per heavy atom. The first-order valence-electron chi connectivity index (χ1n) is 6.46. The summed E-state index contributed by atoms with van der Waals surface area (Å²) in [4.78, 5) is 2.46. The quantitative estimate of drug-likeness (QED) is 0.838. The third kappa shape index (κ3) is 2.56. The van der Waals surface area contributed by atoms with Crippen molar-refractivity contribution in [2.75, 3.05) is 24.3 Å². The van der Waals surface area contributed by atoms with E-state index in [1.54, 1.807) is 7.11 Å². The van der Waals surface area contributed by atoms with Crippen LogP contribution in [0.25, 0.3) is 0 Å². The summed E-state index contributed by atoms with van der Waals surface area (Å²) >= 11 is 2.00. The number of para-hydroxylation sites is 1. The molecule has 0 amide bonds. The molecule has 1 fully saturated rings. The predicted octanol–water partition coefficient (Wildman–Crippen LogP) is 3.95. The zero-order chi connectivity index (χ0) is 13.1. The first-order chi connectivity index (χ1) is 9.38. The number of ether oxygens (including phenoxy) is 1. The van der Waals surface area contributed by atoms with Crippen LogP contribution in [-0.4, -0.2) is 19.4 Å². The number of rotatable bonds is 3. The van der Waals surface area contributed by atoms with Crippen molar-refractivity contribution in [1.29, 1.82) is 0 Å². The third-order valence-electron chi connectivity index (χ3n) is 3.38. The Labute approximate surface area is 118 Å². The van der Waals surface area contributed by atoms with E-state index >= 15 is 0 Å². The molecule has 98 valence electrons. The Kier molecular flexibility index (Phi) is 3.65. The van der Waals surface area contributed by atoms with Crippen molar-refractivity contribution >= 4 is 17.4 Å². The van der Waals surface area contributed by atoms with Crippen molar-refractivity contribution < 1.29 is 4.74 Å². The van der Waals surface area contributed by atoms with E-state index in [0.29, 0.717) is 5.37 Å². The second kappa shape index (κ2) is 5.57. The molecule has 2 aromatic carbocycles. The molecule has 1 aliphatic heterocycles. The largest absolute Gasteiger partial charge is 0.497 e. The number of benzene rings is 2. The van der Waals surface area contributed by atoms with E-state index in [4.69, 9.17) is 4.74 Å². The minimum absolute atomic E-state index is 0.410. The highest BCUT2D eigenvalue weighted by atomic mass is 32.2. The normalized spacial score (nSPS) is 18.6. The van der Waals surface area contributed by atoms with Crippen LogP contribution in [0.5, 0.6) is 5.75 Å². The fraction of sp³-hybridized carbons (Fsp3) is 0.250. The van der Waals surface area contributed by atoms with Crippen LogP contribution in [0, 0.1) is 0 Å². The third-order valence-corrected chi connectivity index (χ3v) is 4.64. The van der Waals surface area contributed by atoms with Crippen LogP contribution in [0.2, 0.25) is 0 Å². The maximum Gasteiger partial charge on any atom is 0.118 e. The van der Waals surface area contributed by atoms with Crippen molar-refractivity contribution in [2.45, 2.75) is 5.37 Å². The molecule has 0 saturated carbocycles. The number of anilines is 1. The molecule has 2 aromatic rings. The smallest absolute Gasteiger partial charge is 0.118 e. The van der Waals surface area contributed by atoms with Crippen LogP contribution in [0.1, 0.15) is 10.9 Å². The number of nitrogens with zero attached hydrogens (tertiary/aromatic N) is 1. The molecule has 0 aromatic heterocycles. The molecule has 2 nitrogen and oxygen atoms in total. The van der Waals surface area contributed by atoms with Crippen LogP contribution < -0.4 is 9.64 Å². The van der Waals surface area contributed by atoms with E-state index in [2.05, 4.69) is 47.4 Å². The lowest BCUT2D eigenvalue weighted by molar-refractivity contribution is 0.414. The van der Waals surface area contributed by atoms with Gasteiger partial charge in [0.05, 0.1) is 7.11 Å². The van der Waals surface area contributed by atoms with Gasteiger partial charge in [0, 0.05) is 18.0 Å². The molecule has 0 N–H and O–H groups in total. The van der Waals surface area contributed by atoms with Gasteiger partial charge < -0.3 is 9.64 Å². The van der Waals surface area contributed by atoms with Gasteiger partial charge in [0.2, 0.25) is 0 Å². The fourth-order valence-corrected chi connectivity index (χ4v) is 3.68. The number of thioether (sulfide) groups is 1. The van der Waals surface area contributed by atoms with Gasteiger partial charge in [0.15, 0.2) is 0 Å². The number of hydrogen-bond acceptors (Lipinski definition) is 3. The van der Waals surface area contributed by atoms with E-state index in [0.717, 1.165) is 12.3 Å². The molecule has 3 rings (SSSR count). The predicted molar refractivity (Wildman–Crippen MR) is 82.0 cm³/mol. The van der Waals surface area contributed by atoms with Crippen molar-refractivity contribution in [3.8, 4) is 5.75 Å². The fourth-order valence-electron chi connectivity index (χ4n) is 2.40. The van der Waals surface area contributed by atoms with E-state index in [9.17, 15) is 0 Å². The van der Waals surface area contributed by atoms with Gasteiger partial charge in [-0.3, -0.25) is 0 Å². The summed E-state index contributed by atoms with van der Waals surface area (Å²) in [5.41, 5.74) is 2.64. The lowest BCUT2D eigenvalue weighted by atomic mass is 10.2. The Hall–Kier alpha value is -1.61. The van der Waals surface area contributed by atoms with Crippen LogP contribution in [-0.2, 0) is 0 Å². The van der Waals surface area contributed by atoms with E-state index in [1.807, 2.05) is 23.9 Å². The molecule has 3 heteroatoms. The Morgan fingerprint density at radius 1 is 1.05 bits per heavy atom. The summed E-state index contributed by atoms with van der Waals surface area (Å²) < 4.78 is 5.22. The molecule has 19 heavy (non-hydrogen) atoms. The standard InChI is InChI=1S/C16H17NOS/c1-18-15-9-7-13(8-10-15)16-17(11-12-19-16)14-5-3-2-4-6-14/h2-10,16H,11-12H2,1H3/t16-/m1/s1. The summed E-state index contributed by atoms with van der Waals surface area (Å²) in [6, 6.07) is 19.0. The van der Waals surface area contributed by atoms with Crippen LogP contribution in [0.3, 0.4) is 0 Å². The summed E-state index contributed by atoms with van der Waals surface area (Å²) in [6.45, 7) is 1.10. The average Bonchev–Trinajstić information content (AvgIpc) is 2.98. The summed E-state index contributed by atoms with van der Waals surface area (Å²) in [6.07, 6.45) is 0. The van der Waals surface area contributed by atoms with E-state index < -0.39 is 0 Å². The van der Waals surface area contributed by atoms with E-state index in [1.165, 1.54) is 17.0 Å². The zero-order valence-corrected chi connectivity index (χ0v) is 11.8. The minimum atomic E-state index is 0.410. The van der Waals surface area contributed by atoms with Gasteiger partial charge in [-0.25, -0.2) is 0 Å². The molecular formula is C16H17NOS. The van der Waals surface area contributed by atoms with Gasteiger partial charge in [0.25, 0.3) is 0 Å². The van der Waals surface area contributed by atoms with E-state index in [-0.39, 0.29) is 0 Å². The van der Waals surface area contributed by atoms with Gasteiger partial charge in [-0.15, -0.1) is 11.8 Å². The molecule has 1 saturated heterocycles. The van der Waals surface area contributed by atoms with Gasteiger partial charge >= 0.3 is 0 Å². The van der Waals surface area contributed by atoms with Crippen LogP contribution in [0.4, 0.5) is 5.69 Å². The molecule has 1 aliphatic rings. The first-order valence-corrected chi connectivity index (χ1v) is 7.50. The lowest BCUT2D eigenvalue weighted by Gasteiger charge is -2.26. The number of hydrogen-bond donors (Lipinski definition) is 0. The Bertz CT molecular complexity index is 526. The zero-order valence-electron chi connectivity index (χ0n) is 11.0. The van der Waals surface area contributed by atoms with Gasteiger partial charge in [-0.1, -0.05) is 30.3 Å². The molecular weight excluding hydrogens is 254 g/mol. The topological polar surface area (TPSA) is 12.5 Å².